The summed E-state index contributed by atoms with van der Waals surface area (Å²) in [6, 6.07) is 3.77. The topological polar surface area (TPSA) is 38.7 Å². The van der Waals surface area contributed by atoms with Gasteiger partial charge in [-0.1, -0.05) is 0 Å². The van der Waals surface area contributed by atoms with Crippen LogP contribution in [-0.2, 0) is 0 Å². The Hall–Kier alpha value is -1.09. The molecule has 1 aromatic rings. The van der Waals surface area contributed by atoms with Crippen molar-refractivity contribution < 1.29 is 10.1 Å². The summed E-state index contributed by atoms with van der Waals surface area (Å²) in [5.41, 5.74) is 0. The third kappa shape index (κ3) is 3.00. The van der Waals surface area contributed by atoms with E-state index in [1.807, 2.05) is 19.2 Å². The van der Waals surface area contributed by atoms with Crippen LogP contribution in [0.4, 0.5) is 0 Å². The number of nitrogens with zero attached hydrogens (tertiary/aromatic N) is 1. The van der Waals surface area contributed by atoms with Crippen LogP contribution in [0.15, 0.2) is 24.5 Å². The number of likely N-dealkylation sites (N-methyl/N-ethyl adjacent to an activating group) is 1. The van der Waals surface area contributed by atoms with E-state index in [9.17, 15) is 0 Å². The molecule has 0 fully saturated rings. The molecular weight excluding hydrogens is 140 g/mol. The Labute approximate surface area is 66.4 Å². The second-order valence-corrected chi connectivity index (χ2v) is 2.23. The molecule has 2 N–H and O–H groups in total. The monoisotopic (exact) mass is 153 g/mol. The summed E-state index contributed by atoms with van der Waals surface area (Å²) in [4.78, 5) is 3.93. The van der Waals surface area contributed by atoms with Gasteiger partial charge >= 0.3 is 0 Å². The predicted octanol–water partition coefficient (Wildman–Crippen LogP) is -0.346. The van der Waals surface area contributed by atoms with Crippen LogP contribution >= 0.6 is 0 Å². The minimum Gasteiger partial charge on any atom is -0.486 e. The molecule has 0 unspecified atom stereocenters. The van der Waals surface area contributed by atoms with Crippen LogP contribution in [0.2, 0.25) is 0 Å². The number of nitrogens with two attached hydrogens (primary N) is 1. The van der Waals surface area contributed by atoms with Crippen LogP contribution in [0.25, 0.3) is 0 Å². The largest absolute Gasteiger partial charge is 0.486 e. The molecule has 0 atom stereocenters. The molecule has 3 heteroatoms. The average Bonchev–Trinajstić information content (AvgIpc) is 2.07. The Balaban J connectivity index is 2.28. The Morgan fingerprint density at radius 3 is 3.18 bits per heavy atom. The highest BCUT2D eigenvalue weighted by Gasteiger charge is 1.90. The standard InChI is InChI=1S/C8H12N2O/c1-9-5-6-11-8-3-2-4-10-7-8/h2-4,7,9H,5-6H2,1H3/p+1. The van der Waals surface area contributed by atoms with E-state index >= 15 is 0 Å². The van der Waals surface area contributed by atoms with Crippen molar-refractivity contribution in [2.75, 3.05) is 20.2 Å². The molecule has 0 saturated carbocycles. The maximum absolute atomic E-state index is 5.35. The van der Waals surface area contributed by atoms with Crippen molar-refractivity contribution in [3.05, 3.63) is 24.5 Å². The zero-order valence-corrected chi connectivity index (χ0v) is 6.66. The van der Waals surface area contributed by atoms with Crippen LogP contribution in [0, 0.1) is 0 Å². The lowest BCUT2D eigenvalue weighted by atomic mass is 10.5. The first-order chi connectivity index (χ1) is 5.43. The van der Waals surface area contributed by atoms with Crippen LogP contribution < -0.4 is 10.1 Å². The Morgan fingerprint density at radius 2 is 2.55 bits per heavy atom. The molecule has 11 heavy (non-hydrogen) atoms. The van der Waals surface area contributed by atoms with E-state index in [1.54, 1.807) is 12.4 Å². The predicted molar refractivity (Wildman–Crippen MR) is 42.4 cm³/mol. The van der Waals surface area contributed by atoms with Gasteiger partial charge in [-0.3, -0.25) is 4.98 Å². The van der Waals surface area contributed by atoms with Crippen molar-refractivity contribution in [1.29, 1.82) is 0 Å². The van der Waals surface area contributed by atoms with E-state index in [-0.39, 0.29) is 0 Å². The summed E-state index contributed by atoms with van der Waals surface area (Å²) in [5, 5.41) is 2.08. The van der Waals surface area contributed by atoms with Crippen LogP contribution in [0.1, 0.15) is 0 Å². The van der Waals surface area contributed by atoms with Gasteiger partial charge in [-0.2, -0.15) is 0 Å². The summed E-state index contributed by atoms with van der Waals surface area (Å²) < 4.78 is 5.35. The highest BCUT2D eigenvalue weighted by Crippen LogP contribution is 2.04. The zero-order chi connectivity index (χ0) is 7.94. The van der Waals surface area contributed by atoms with Crippen molar-refractivity contribution in [3.8, 4) is 5.75 Å². The number of quaternary nitrogens is 1. The fourth-order valence-corrected chi connectivity index (χ4v) is 0.727. The van der Waals surface area contributed by atoms with Crippen LogP contribution in [0.5, 0.6) is 5.75 Å². The van der Waals surface area contributed by atoms with Gasteiger partial charge in [-0.15, -0.1) is 0 Å². The lowest BCUT2D eigenvalue weighted by Gasteiger charge is -2.01. The number of hydrogen-bond acceptors (Lipinski definition) is 2. The van der Waals surface area contributed by atoms with Gasteiger partial charge in [0.2, 0.25) is 0 Å². The van der Waals surface area contributed by atoms with E-state index < -0.39 is 0 Å². The molecule has 0 spiro atoms. The van der Waals surface area contributed by atoms with E-state index in [0.717, 1.165) is 18.9 Å². The van der Waals surface area contributed by atoms with Gasteiger partial charge < -0.3 is 10.1 Å². The van der Waals surface area contributed by atoms with Gasteiger partial charge in [0.05, 0.1) is 13.2 Å². The van der Waals surface area contributed by atoms with Gasteiger partial charge in [0.15, 0.2) is 0 Å². The fourth-order valence-electron chi connectivity index (χ4n) is 0.727. The van der Waals surface area contributed by atoms with Gasteiger partial charge in [0.1, 0.15) is 18.9 Å². The fraction of sp³-hybridized carbons (Fsp3) is 0.375. The quantitative estimate of drug-likeness (QED) is 0.601. The number of rotatable bonds is 4. The van der Waals surface area contributed by atoms with Gasteiger partial charge in [0.25, 0.3) is 0 Å². The third-order valence-corrected chi connectivity index (χ3v) is 1.31. The van der Waals surface area contributed by atoms with Crippen LogP contribution in [0.3, 0.4) is 0 Å². The molecule has 3 nitrogen and oxygen atoms in total. The summed E-state index contributed by atoms with van der Waals surface area (Å²) in [7, 11) is 2.02. The number of ether oxygens (including phenoxy) is 1. The molecule has 0 radical (unpaired) electrons. The second kappa shape index (κ2) is 4.68. The highest BCUT2D eigenvalue weighted by atomic mass is 16.5. The first kappa shape index (κ1) is 8.01. The maximum Gasteiger partial charge on any atom is 0.137 e. The molecule has 60 valence electrons. The molecule has 1 heterocycles. The maximum atomic E-state index is 5.35. The second-order valence-electron chi connectivity index (χ2n) is 2.23. The van der Waals surface area contributed by atoms with Crippen LogP contribution in [-0.4, -0.2) is 25.2 Å². The van der Waals surface area contributed by atoms with Gasteiger partial charge in [0, 0.05) is 6.20 Å². The van der Waals surface area contributed by atoms with Crippen molar-refractivity contribution in [3.63, 3.8) is 0 Å². The summed E-state index contributed by atoms with van der Waals surface area (Å²) in [6.45, 7) is 1.72. The Morgan fingerprint density at radius 1 is 1.64 bits per heavy atom. The average molecular weight is 153 g/mol. The molecule has 0 aliphatic rings. The number of hydrogen-bond donors (Lipinski definition) is 1. The highest BCUT2D eigenvalue weighted by molar-refractivity contribution is 5.15. The molecule has 0 saturated heterocycles. The van der Waals surface area contributed by atoms with Crippen molar-refractivity contribution in [2.24, 2.45) is 0 Å². The summed E-state index contributed by atoms with van der Waals surface area (Å²) in [6.07, 6.45) is 3.45. The molecular formula is C8H13N2O+. The molecule has 1 rings (SSSR count). The zero-order valence-electron chi connectivity index (χ0n) is 6.66. The van der Waals surface area contributed by atoms with E-state index in [1.165, 1.54) is 0 Å². The first-order valence-corrected chi connectivity index (χ1v) is 3.74. The van der Waals surface area contributed by atoms with Gasteiger partial charge in [-0.05, 0) is 12.1 Å². The van der Waals surface area contributed by atoms with Gasteiger partial charge in [-0.25, -0.2) is 0 Å². The van der Waals surface area contributed by atoms with Crippen molar-refractivity contribution >= 4 is 0 Å². The number of pyridine rings is 1. The number of aromatic nitrogens is 1. The lowest BCUT2D eigenvalue weighted by molar-refractivity contribution is -0.627. The summed E-state index contributed by atoms with van der Waals surface area (Å²) >= 11 is 0. The molecule has 0 aliphatic heterocycles. The SMILES string of the molecule is C[NH2+]CCOc1cccnc1. The van der Waals surface area contributed by atoms with Crippen molar-refractivity contribution in [1.82, 2.24) is 4.98 Å². The van der Waals surface area contributed by atoms with E-state index in [2.05, 4.69) is 10.3 Å². The molecule has 0 aromatic carbocycles. The molecule has 1 aromatic heterocycles. The van der Waals surface area contributed by atoms with E-state index in [4.69, 9.17) is 4.74 Å². The first-order valence-electron chi connectivity index (χ1n) is 3.74. The normalized spacial score (nSPS) is 9.55. The summed E-state index contributed by atoms with van der Waals surface area (Å²) in [5.74, 6) is 0.842. The van der Waals surface area contributed by atoms with E-state index in [0.29, 0.717) is 0 Å². The smallest absolute Gasteiger partial charge is 0.137 e. The molecule has 0 aliphatic carbocycles. The Kier molecular flexibility index (Phi) is 3.41. The van der Waals surface area contributed by atoms with Crippen molar-refractivity contribution in [2.45, 2.75) is 0 Å². The minimum absolute atomic E-state index is 0.738. The molecule has 0 amide bonds. The Bertz CT molecular complexity index is 189. The lowest BCUT2D eigenvalue weighted by Crippen LogP contribution is -2.80. The molecule has 0 bridgehead atoms. The third-order valence-electron chi connectivity index (χ3n) is 1.31. The minimum atomic E-state index is 0.738.